The zero-order valence-corrected chi connectivity index (χ0v) is 15.3. The summed E-state index contributed by atoms with van der Waals surface area (Å²) in [7, 11) is 0. The lowest BCUT2D eigenvalue weighted by molar-refractivity contribution is 0.102. The van der Waals surface area contributed by atoms with Crippen LogP contribution in [-0.4, -0.2) is 10.9 Å². The van der Waals surface area contributed by atoms with E-state index in [1.807, 2.05) is 60.7 Å². The van der Waals surface area contributed by atoms with Crippen LogP contribution in [-0.2, 0) is 5.41 Å². The quantitative estimate of drug-likeness (QED) is 0.668. The number of rotatable bonds is 4. The topological polar surface area (TPSA) is 54.0 Å². The molecule has 0 radical (unpaired) electrons. The van der Waals surface area contributed by atoms with E-state index in [1.54, 1.807) is 12.3 Å². The fourth-order valence-electron chi connectivity index (χ4n) is 2.57. The summed E-state index contributed by atoms with van der Waals surface area (Å²) < 4.78 is 0. The highest BCUT2D eigenvalue weighted by Crippen LogP contribution is 2.24. The summed E-state index contributed by atoms with van der Waals surface area (Å²) in [5, 5.41) is 6.17. The van der Waals surface area contributed by atoms with Crippen LogP contribution in [0.15, 0.2) is 72.9 Å². The van der Waals surface area contributed by atoms with Crippen LogP contribution in [0.2, 0.25) is 0 Å². The van der Waals surface area contributed by atoms with Crippen LogP contribution in [0.1, 0.15) is 36.8 Å². The number of aromatic nitrogens is 1. The molecule has 1 aromatic heterocycles. The summed E-state index contributed by atoms with van der Waals surface area (Å²) in [5.41, 5.74) is 4.21. The van der Waals surface area contributed by atoms with Crippen molar-refractivity contribution in [1.82, 2.24) is 4.98 Å². The second-order valence-electron chi connectivity index (χ2n) is 7.20. The lowest BCUT2D eigenvalue weighted by Gasteiger charge is -2.19. The Kier molecular flexibility index (Phi) is 5.03. The van der Waals surface area contributed by atoms with E-state index in [0.717, 1.165) is 17.1 Å². The van der Waals surface area contributed by atoms with Gasteiger partial charge >= 0.3 is 0 Å². The van der Waals surface area contributed by atoms with Crippen molar-refractivity contribution < 1.29 is 4.79 Å². The molecule has 26 heavy (non-hydrogen) atoms. The predicted molar refractivity (Wildman–Crippen MR) is 107 cm³/mol. The van der Waals surface area contributed by atoms with Gasteiger partial charge in [-0.05, 0) is 47.4 Å². The zero-order valence-electron chi connectivity index (χ0n) is 15.3. The molecule has 2 N–H and O–H groups in total. The Morgan fingerprint density at radius 1 is 0.846 bits per heavy atom. The number of hydrogen-bond acceptors (Lipinski definition) is 3. The lowest BCUT2D eigenvalue weighted by atomic mass is 9.87. The van der Waals surface area contributed by atoms with E-state index >= 15 is 0 Å². The second kappa shape index (κ2) is 7.40. The Hall–Kier alpha value is -3.14. The number of carbonyl (C=O) groups is 1. The van der Waals surface area contributed by atoms with E-state index in [-0.39, 0.29) is 11.3 Å². The van der Waals surface area contributed by atoms with Gasteiger partial charge in [-0.3, -0.25) is 9.78 Å². The molecule has 0 saturated heterocycles. The summed E-state index contributed by atoms with van der Waals surface area (Å²) >= 11 is 0. The van der Waals surface area contributed by atoms with E-state index in [4.69, 9.17) is 0 Å². The number of benzene rings is 2. The molecule has 0 atom stereocenters. The highest BCUT2D eigenvalue weighted by molar-refractivity contribution is 6.03. The molecule has 0 saturated carbocycles. The maximum atomic E-state index is 12.5. The monoisotopic (exact) mass is 345 g/mol. The van der Waals surface area contributed by atoms with Gasteiger partial charge in [-0.15, -0.1) is 0 Å². The molecule has 0 spiro atoms. The van der Waals surface area contributed by atoms with E-state index < -0.39 is 0 Å². The fourth-order valence-corrected chi connectivity index (χ4v) is 2.57. The van der Waals surface area contributed by atoms with Crippen LogP contribution in [0, 0.1) is 0 Å². The van der Waals surface area contributed by atoms with E-state index in [1.165, 1.54) is 5.56 Å². The van der Waals surface area contributed by atoms with Crippen LogP contribution < -0.4 is 10.6 Å². The summed E-state index contributed by atoms with van der Waals surface area (Å²) in [6.07, 6.45) is 1.63. The summed E-state index contributed by atoms with van der Waals surface area (Å²) in [6, 6.07) is 21.3. The summed E-state index contributed by atoms with van der Waals surface area (Å²) in [4.78, 5) is 16.7. The van der Waals surface area contributed by atoms with Crippen molar-refractivity contribution in [3.63, 3.8) is 0 Å². The van der Waals surface area contributed by atoms with Crippen LogP contribution in [0.3, 0.4) is 0 Å². The van der Waals surface area contributed by atoms with Gasteiger partial charge in [0.1, 0.15) is 5.69 Å². The minimum atomic E-state index is -0.231. The van der Waals surface area contributed by atoms with Crippen LogP contribution in [0.5, 0.6) is 0 Å². The van der Waals surface area contributed by atoms with Crippen molar-refractivity contribution in [2.45, 2.75) is 26.2 Å². The number of hydrogen-bond donors (Lipinski definition) is 2. The van der Waals surface area contributed by atoms with Crippen molar-refractivity contribution in [2.75, 3.05) is 10.6 Å². The number of para-hydroxylation sites is 1. The van der Waals surface area contributed by atoms with Crippen LogP contribution >= 0.6 is 0 Å². The van der Waals surface area contributed by atoms with Crippen molar-refractivity contribution in [3.8, 4) is 0 Å². The molecule has 0 unspecified atom stereocenters. The largest absolute Gasteiger partial charge is 0.355 e. The highest BCUT2D eigenvalue weighted by atomic mass is 16.1. The molecule has 0 aliphatic carbocycles. The molecule has 2 aromatic carbocycles. The molecular weight excluding hydrogens is 322 g/mol. The van der Waals surface area contributed by atoms with Gasteiger partial charge in [-0.1, -0.05) is 51.1 Å². The minimum Gasteiger partial charge on any atom is -0.355 e. The van der Waals surface area contributed by atoms with Gasteiger partial charge < -0.3 is 10.6 Å². The van der Waals surface area contributed by atoms with Crippen molar-refractivity contribution in [1.29, 1.82) is 0 Å². The third-order valence-electron chi connectivity index (χ3n) is 4.06. The van der Waals surface area contributed by atoms with E-state index in [9.17, 15) is 4.79 Å². The third-order valence-corrected chi connectivity index (χ3v) is 4.06. The molecule has 0 bridgehead atoms. The standard InChI is InChI=1S/C22H23N3O/c1-22(2,3)16-9-11-18(12-10-16)25-21(26)20-15-19(13-14-23-20)24-17-7-5-4-6-8-17/h4-15H,1-3H3,(H,23,24)(H,25,26). The molecule has 1 amide bonds. The zero-order chi connectivity index (χ0) is 18.6. The number of carbonyl (C=O) groups excluding carboxylic acids is 1. The van der Waals surface area contributed by atoms with Gasteiger partial charge in [0, 0.05) is 23.3 Å². The first-order chi connectivity index (χ1) is 12.4. The van der Waals surface area contributed by atoms with Gasteiger partial charge in [-0.25, -0.2) is 0 Å². The Morgan fingerprint density at radius 3 is 2.19 bits per heavy atom. The second-order valence-corrected chi connectivity index (χ2v) is 7.20. The number of amides is 1. The van der Waals surface area contributed by atoms with Gasteiger partial charge in [0.25, 0.3) is 5.91 Å². The van der Waals surface area contributed by atoms with E-state index in [2.05, 4.69) is 36.4 Å². The average molecular weight is 345 g/mol. The number of nitrogens with zero attached hydrogens (tertiary/aromatic N) is 1. The van der Waals surface area contributed by atoms with Crippen LogP contribution in [0.4, 0.5) is 17.1 Å². The van der Waals surface area contributed by atoms with Gasteiger partial charge in [0.05, 0.1) is 0 Å². The minimum absolute atomic E-state index is 0.0849. The smallest absolute Gasteiger partial charge is 0.274 e. The number of anilines is 3. The van der Waals surface area contributed by atoms with Gasteiger partial charge in [-0.2, -0.15) is 0 Å². The Balaban J connectivity index is 1.71. The molecule has 4 nitrogen and oxygen atoms in total. The molecule has 132 valence electrons. The first kappa shape index (κ1) is 17.7. The van der Waals surface area contributed by atoms with Crippen molar-refractivity contribution in [3.05, 3.63) is 84.2 Å². The summed E-state index contributed by atoms with van der Waals surface area (Å²) in [6.45, 7) is 6.49. The molecule has 3 aromatic rings. The Labute approximate surface area is 154 Å². The highest BCUT2D eigenvalue weighted by Gasteiger charge is 2.14. The summed E-state index contributed by atoms with van der Waals surface area (Å²) in [5.74, 6) is -0.231. The molecule has 1 heterocycles. The molecule has 0 aliphatic rings. The van der Waals surface area contributed by atoms with Crippen LogP contribution in [0.25, 0.3) is 0 Å². The molecule has 4 heteroatoms. The maximum Gasteiger partial charge on any atom is 0.274 e. The van der Waals surface area contributed by atoms with Crippen molar-refractivity contribution in [2.24, 2.45) is 0 Å². The molecule has 0 aliphatic heterocycles. The number of nitrogens with one attached hydrogen (secondary N) is 2. The van der Waals surface area contributed by atoms with E-state index in [0.29, 0.717) is 5.69 Å². The van der Waals surface area contributed by atoms with Crippen molar-refractivity contribution >= 4 is 23.0 Å². The third kappa shape index (κ3) is 4.48. The lowest BCUT2D eigenvalue weighted by Crippen LogP contribution is -2.15. The average Bonchev–Trinajstić information content (AvgIpc) is 2.62. The number of pyridine rings is 1. The van der Waals surface area contributed by atoms with Gasteiger partial charge in [0.15, 0.2) is 0 Å². The Morgan fingerprint density at radius 2 is 1.54 bits per heavy atom. The molecular formula is C22H23N3O. The SMILES string of the molecule is CC(C)(C)c1ccc(NC(=O)c2cc(Nc3ccccc3)ccn2)cc1. The normalized spacial score (nSPS) is 11.0. The maximum absolute atomic E-state index is 12.5. The predicted octanol–water partition coefficient (Wildman–Crippen LogP) is 5.38. The molecule has 3 rings (SSSR count). The van der Waals surface area contributed by atoms with Gasteiger partial charge in [0.2, 0.25) is 0 Å². The first-order valence-corrected chi connectivity index (χ1v) is 8.62. The fraction of sp³-hybridized carbons (Fsp3) is 0.182. The molecule has 0 fully saturated rings. The first-order valence-electron chi connectivity index (χ1n) is 8.62. The Bertz CT molecular complexity index is 881.